The van der Waals surface area contributed by atoms with Gasteiger partial charge in [-0.25, -0.2) is 27.8 Å². The number of anilines is 1. The molecule has 1 aliphatic carbocycles. The molecule has 11 heteroatoms. The van der Waals surface area contributed by atoms with Crippen molar-refractivity contribution in [3.63, 3.8) is 0 Å². The molecule has 0 bridgehead atoms. The second kappa shape index (κ2) is 8.57. The summed E-state index contributed by atoms with van der Waals surface area (Å²) in [6.45, 7) is 0.735. The standard InChI is InChI=1S/C21H24ClFN6O2S/c22-14-7-16-17(9-25-19(16)24-8-14)20-26-10-18(23)21(28-20)27-15-5-6-29(11-15)32(30,31)12-13-3-1-2-4-13/h7-10,13,15H,1-6,11-12H2,(H,24,25)(H,26,27,28)/t15-/m1/s1. The average Bonchev–Trinajstić information content (AvgIpc) is 3.50. The van der Waals surface area contributed by atoms with E-state index in [4.69, 9.17) is 11.6 Å². The monoisotopic (exact) mass is 478 g/mol. The Labute approximate surface area is 190 Å². The van der Waals surface area contributed by atoms with E-state index in [1.54, 1.807) is 12.3 Å². The molecule has 0 unspecified atom stereocenters. The maximum Gasteiger partial charge on any atom is 0.214 e. The lowest BCUT2D eigenvalue weighted by Crippen LogP contribution is -2.35. The van der Waals surface area contributed by atoms with Gasteiger partial charge in [0.15, 0.2) is 17.5 Å². The molecule has 3 aromatic heterocycles. The van der Waals surface area contributed by atoms with E-state index in [0.29, 0.717) is 41.6 Å². The van der Waals surface area contributed by atoms with Crippen molar-refractivity contribution in [2.75, 3.05) is 24.2 Å². The van der Waals surface area contributed by atoms with Crippen molar-refractivity contribution in [2.45, 2.75) is 38.1 Å². The van der Waals surface area contributed by atoms with Crippen molar-refractivity contribution < 1.29 is 12.8 Å². The largest absolute Gasteiger partial charge is 0.363 e. The highest BCUT2D eigenvalue weighted by molar-refractivity contribution is 7.89. The van der Waals surface area contributed by atoms with E-state index in [1.807, 2.05) is 0 Å². The van der Waals surface area contributed by atoms with Crippen molar-refractivity contribution in [1.29, 1.82) is 0 Å². The number of nitrogens with zero attached hydrogens (tertiary/aromatic N) is 4. The number of hydrogen-bond acceptors (Lipinski definition) is 6. The van der Waals surface area contributed by atoms with Crippen LogP contribution >= 0.6 is 11.6 Å². The lowest BCUT2D eigenvalue weighted by atomic mass is 10.1. The van der Waals surface area contributed by atoms with Gasteiger partial charge in [-0.1, -0.05) is 24.4 Å². The topological polar surface area (TPSA) is 104 Å². The average molecular weight is 479 g/mol. The second-order valence-electron chi connectivity index (χ2n) is 8.56. The normalized spacial score (nSPS) is 20.4. The van der Waals surface area contributed by atoms with E-state index in [1.165, 1.54) is 10.5 Å². The molecule has 0 amide bonds. The van der Waals surface area contributed by atoms with Crippen molar-refractivity contribution in [3.8, 4) is 11.4 Å². The van der Waals surface area contributed by atoms with Crippen LogP contribution in [0.25, 0.3) is 22.4 Å². The van der Waals surface area contributed by atoms with Gasteiger partial charge in [0, 0.05) is 42.5 Å². The molecule has 0 spiro atoms. The summed E-state index contributed by atoms with van der Waals surface area (Å²) in [5.41, 5.74) is 1.29. The van der Waals surface area contributed by atoms with E-state index in [9.17, 15) is 12.8 Å². The number of rotatable bonds is 6. The van der Waals surface area contributed by atoms with Crippen LogP contribution in [0.15, 0.2) is 24.7 Å². The van der Waals surface area contributed by atoms with Gasteiger partial charge >= 0.3 is 0 Å². The molecule has 1 saturated heterocycles. The molecule has 2 aliphatic rings. The highest BCUT2D eigenvalue weighted by Crippen LogP contribution is 2.30. The highest BCUT2D eigenvalue weighted by atomic mass is 35.5. The van der Waals surface area contributed by atoms with Crippen LogP contribution in [0.5, 0.6) is 0 Å². The zero-order valence-electron chi connectivity index (χ0n) is 17.4. The number of sulfonamides is 1. The Balaban J connectivity index is 1.32. The number of fused-ring (bicyclic) bond motifs is 1. The van der Waals surface area contributed by atoms with Gasteiger partial charge in [-0.05, 0) is 31.2 Å². The van der Waals surface area contributed by atoms with Crippen molar-refractivity contribution in [2.24, 2.45) is 5.92 Å². The molecule has 2 N–H and O–H groups in total. The lowest BCUT2D eigenvalue weighted by Gasteiger charge is -2.19. The molecule has 4 heterocycles. The predicted octanol–water partition coefficient (Wildman–Crippen LogP) is 3.82. The summed E-state index contributed by atoms with van der Waals surface area (Å²) >= 11 is 6.07. The SMILES string of the molecule is O=S(=O)(CC1CCCC1)N1CC[C@@H](Nc2nc(-c3c[nH]c4ncc(Cl)cc34)ncc2F)C1. The first-order valence-electron chi connectivity index (χ1n) is 10.8. The van der Waals surface area contributed by atoms with E-state index in [2.05, 4.69) is 25.3 Å². The third-order valence-electron chi connectivity index (χ3n) is 6.29. The van der Waals surface area contributed by atoms with Crippen LogP contribution in [-0.2, 0) is 10.0 Å². The first kappa shape index (κ1) is 21.5. The minimum Gasteiger partial charge on any atom is -0.363 e. The Morgan fingerprint density at radius 2 is 2.03 bits per heavy atom. The quantitative estimate of drug-likeness (QED) is 0.558. The summed E-state index contributed by atoms with van der Waals surface area (Å²) in [6, 6.07) is 1.53. The number of halogens is 2. The number of aromatic amines is 1. The summed E-state index contributed by atoms with van der Waals surface area (Å²) in [5.74, 6) is 0.264. The maximum absolute atomic E-state index is 14.5. The molecule has 5 rings (SSSR count). The van der Waals surface area contributed by atoms with Crippen molar-refractivity contribution in [1.82, 2.24) is 24.2 Å². The third kappa shape index (κ3) is 4.31. The number of H-pyrrole nitrogens is 1. The summed E-state index contributed by atoms with van der Waals surface area (Å²) in [7, 11) is -3.31. The minimum absolute atomic E-state index is 0.0550. The smallest absolute Gasteiger partial charge is 0.214 e. The molecule has 1 aliphatic heterocycles. The lowest BCUT2D eigenvalue weighted by molar-refractivity contribution is 0.460. The van der Waals surface area contributed by atoms with Crippen LogP contribution < -0.4 is 5.32 Å². The molecule has 0 aromatic carbocycles. The Morgan fingerprint density at radius 1 is 1.22 bits per heavy atom. The van der Waals surface area contributed by atoms with Gasteiger partial charge in [0.05, 0.1) is 17.0 Å². The van der Waals surface area contributed by atoms with Crippen LogP contribution in [0, 0.1) is 11.7 Å². The van der Waals surface area contributed by atoms with Gasteiger partial charge in [0.2, 0.25) is 10.0 Å². The molecular weight excluding hydrogens is 455 g/mol. The van der Waals surface area contributed by atoms with Crippen molar-refractivity contribution in [3.05, 3.63) is 35.5 Å². The number of pyridine rings is 1. The van der Waals surface area contributed by atoms with Gasteiger partial charge in [-0.3, -0.25) is 0 Å². The van der Waals surface area contributed by atoms with E-state index in [0.717, 1.165) is 37.3 Å². The fraction of sp³-hybridized carbons (Fsp3) is 0.476. The van der Waals surface area contributed by atoms with Gasteiger partial charge < -0.3 is 10.3 Å². The van der Waals surface area contributed by atoms with E-state index < -0.39 is 15.8 Å². The number of hydrogen-bond donors (Lipinski definition) is 2. The van der Waals surface area contributed by atoms with Gasteiger partial charge in [0.25, 0.3) is 0 Å². The van der Waals surface area contributed by atoms with E-state index in [-0.39, 0.29) is 23.5 Å². The van der Waals surface area contributed by atoms with Crippen LogP contribution in [0.2, 0.25) is 5.02 Å². The Bertz CT molecular complexity index is 1240. The zero-order valence-corrected chi connectivity index (χ0v) is 19.0. The first-order valence-corrected chi connectivity index (χ1v) is 12.8. The molecule has 1 saturated carbocycles. The van der Waals surface area contributed by atoms with Crippen LogP contribution in [0.1, 0.15) is 32.1 Å². The zero-order chi connectivity index (χ0) is 22.3. The fourth-order valence-corrected chi connectivity index (χ4v) is 6.72. The molecular formula is C21H24ClFN6O2S. The Hall–Kier alpha value is -2.30. The minimum atomic E-state index is -3.31. The Morgan fingerprint density at radius 3 is 2.84 bits per heavy atom. The van der Waals surface area contributed by atoms with Crippen molar-refractivity contribution >= 4 is 38.5 Å². The molecule has 32 heavy (non-hydrogen) atoms. The molecule has 0 radical (unpaired) electrons. The summed E-state index contributed by atoms with van der Waals surface area (Å²) in [6.07, 6.45) is 9.14. The fourth-order valence-electron chi connectivity index (χ4n) is 4.63. The molecule has 8 nitrogen and oxygen atoms in total. The van der Waals surface area contributed by atoms with Crippen LogP contribution in [-0.4, -0.2) is 57.5 Å². The summed E-state index contributed by atoms with van der Waals surface area (Å²) in [5, 5.41) is 4.29. The highest BCUT2D eigenvalue weighted by Gasteiger charge is 2.34. The molecule has 1 atom stereocenters. The maximum atomic E-state index is 14.5. The van der Waals surface area contributed by atoms with Crippen LogP contribution in [0.3, 0.4) is 0 Å². The van der Waals surface area contributed by atoms with E-state index >= 15 is 0 Å². The molecule has 170 valence electrons. The Kier molecular flexibility index (Phi) is 5.77. The summed E-state index contributed by atoms with van der Waals surface area (Å²) < 4.78 is 41.6. The molecule has 3 aromatic rings. The van der Waals surface area contributed by atoms with Gasteiger partial charge in [0.1, 0.15) is 5.65 Å². The van der Waals surface area contributed by atoms with Gasteiger partial charge in [-0.15, -0.1) is 0 Å². The predicted molar refractivity (Wildman–Crippen MR) is 121 cm³/mol. The van der Waals surface area contributed by atoms with Crippen LogP contribution in [0.4, 0.5) is 10.2 Å². The van der Waals surface area contributed by atoms with Gasteiger partial charge in [-0.2, -0.15) is 4.31 Å². The third-order valence-corrected chi connectivity index (χ3v) is 8.51. The summed E-state index contributed by atoms with van der Waals surface area (Å²) in [4.78, 5) is 15.8. The second-order valence-corrected chi connectivity index (χ2v) is 11.0. The first-order chi connectivity index (χ1) is 15.4. The molecule has 2 fully saturated rings. The number of aromatic nitrogens is 4. The number of nitrogens with one attached hydrogen (secondary N) is 2.